The summed E-state index contributed by atoms with van der Waals surface area (Å²) < 4.78 is 9.53. The van der Waals surface area contributed by atoms with Crippen molar-refractivity contribution >= 4 is 11.9 Å². The van der Waals surface area contributed by atoms with Gasteiger partial charge in [-0.25, -0.2) is 9.59 Å². The van der Waals surface area contributed by atoms with Crippen molar-refractivity contribution < 1.29 is 19.1 Å². The number of rotatable bonds is 7. The molecule has 0 aliphatic heterocycles. The molecule has 0 rings (SSSR count). The summed E-state index contributed by atoms with van der Waals surface area (Å²) in [5, 5.41) is 8.41. The van der Waals surface area contributed by atoms with Gasteiger partial charge in [0.1, 0.15) is 0 Å². The highest BCUT2D eigenvalue weighted by Gasteiger charge is 2.12. The van der Waals surface area contributed by atoms with Crippen LogP contribution >= 0.6 is 0 Å². The van der Waals surface area contributed by atoms with Crippen LogP contribution in [0, 0.1) is 11.3 Å². The van der Waals surface area contributed by atoms with E-state index in [1.807, 2.05) is 6.07 Å². The van der Waals surface area contributed by atoms with Crippen LogP contribution in [0.4, 0.5) is 0 Å². The first-order chi connectivity index (χ1) is 8.15. The van der Waals surface area contributed by atoms with Gasteiger partial charge in [0.25, 0.3) is 0 Å². The Balaban J connectivity index is 4.54. The quantitative estimate of drug-likeness (QED) is 0.384. The van der Waals surface area contributed by atoms with E-state index in [4.69, 9.17) is 14.7 Å². The Kier molecular flexibility index (Phi) is 8.39. The molecule has 5 heteroatoms. The van der Waals surface area contributed by atoms with Crippen LogP contribution in [0.15, 0.2) is 11.6 Å². The van der Waals surface area contributed by atoms with Gasteiger partial charge in [0.2, 0.25) is 0 Å². The third kappa shape index (κ3) is 7.12. The van der Waals surface area contributed by atoms with Crippen LogP contribution in [0.3, 0.4) is 0 Å². The van der Waals surface area contributed by atoms with E-state index in [2.05, 4.69) is 0 Å². The van der Waals surface area contributed by atoms with E-state index < -0.39 is 11.9 Å². The summed E-state index contributed by atoms with van der Waals surface area (Å²) in [6, 6.07) is 1.98. The minimum absolute atomic E-state index is 0.247. The first-order valence-corrected chi connectivity index (χ1v) is 5.57. The normalized spacial score (nSPS) is 10.5. The van der Waals surface area contributed by atoms with Crippen molar-refractivity contribution in [3.05, 3.63) is 11.6 Å². The van der Waals surface area contributed by atoms with Gasteiger partial charge in [0.15, 0.2) is 0 Å². The lowest BCUT2D eigenvalue weighted by Crippen LogP contribution is -2.11. The van der Waals surface area contributed by atoms with Crippen molar-refractivity contribution in [3.63, 3.8) is 0 Å². The predicted octanol–water partition coefficient (Wildman–Crippen LogP) is 1.73. The Bertz CT molecular complexity index is 328. The second-order valence-corrected chi connectivity index (χ2v) is 3.15. The van der Waals surface area contributed by atoms with E-state index in [0.29, 0.717) is 19.3 Å². The lowest BCUT2D eigenvalue weighted by atomic mass is 10.1. The van der Waals surface area contributed by atoms with Crippen molar-refractivity contribution in [1.29, 1.82) is 5.26 Å². The summed E-state index contributed by atoms with van der Waals surface area (Å²) in [7, 11) is 0. The topological polar surface area (TPSA) is 76.4 Å². The number of carbonyl (C=O) groups is 2. The molecular formula is C12H17NO4. The maximum absolute atomic E-state index is 11.5. The SMILES string of the molecule is CCOC(=O)C=C(CCCC#N)C(=O)OCC. The fraction of sp³-hybridized carbons (Fsp3) is 0.583. The third-order valence-corrected chi connectivity index (χ3v) is 1.85. The first kappa shape index (κ1) is 15.2. The lowest BCUT2D eigenvalue weighted by Gasteiger charge is -2.05. The minimum atomic E-state index is -0.562. The van der Waals surface area contributed by atoms with Crippen LogP contribution < -0.4 is 0 Å². The standard InChI is InChI=1S/C12H17NO4/c1-3-16-11(14)9-10(7-5-6-8-13)12(15)17-4-2/h9H,3-7H2,1-2H3. The van der Waals surface area contributed by atoms with Gasteiger partial charge in [-0.15, -0.1) is 0 Å². The van der Waals surface area contributed by atoms with Crippen LogP contribution in [0.5, 0.6) is 0 Å². The largest absolute Gasteiger partial charge is 0.463 e. The van der Waals surface area contributed by atoms with Crippen LogP contribution in [0.25, 0.3) is 0 Å². The highest BCUT2D eigenvalue weighted by molar-refractivity contribution is 5.96. The number of nitrogens with zero attached hydrogens (tertiary/aromatic N) is 1. The fourth-order valence-corrected chi connectivity index (χ4v) is 1.14. The number of nitriles is 1. The second-order valence-electron chi connectivity index (χ2n) is 3.15. The maximum Gasteiger partial charge on any atom is 0.334 e. The molecule has 0 bridgehead atoms. The van der Waals surface area contributed by atoms with E-state index in [-0.39, 0.29) is 18.8 Å². The van der Waals surface area contributed by atoms with Gasteiger partial charge in [-0.2, -0.15) is 5.26 Å². The van der Waals surface area contributed by atoms with Crippen molar-refractivity contribution in [2.45, 2.75) is 33.1 Å². The summed E-state index contributed by atoms with van der Waals surface area (Å²) in [4.78, 5) is 22.7. The number of unbranched alkanes of at least 4 members (excludes halogenated alkanes) is 1. The molecule has 0 aliphatic rings. The molecule has 0 saturated heterocycles. The molecule has 0 amide bonds. The molecule has 0 fully saturated rings. The predicted molar refractivity (Wildman–Crippen MR) is 60.8 cm³/mol. The Labute approximate surface area is 101 Å². The van der Waals surface area contributed by atoms with Crippen molar-refractivity contribution in [2.75, 3.05) is 13.2 Å². The highest BCUT2D eigenvalue weighted by atomic mass is 16.5. The van der Waals surface area contributed by atoms with Gasteiger partial charge in [-0.1, -0.05) is 0 Å². The average molecular weight is 239 g/mol. The molecule has 0 unspecified atom stereocenters. The molecule has 0 aromatic rings. The number of carbonyl (C=O) groups excluding carboxylic acids is 2. The molecular weight excluding hydrogens is 222 g/mol. The Morgan fingerprint density at radius 1 is 1.24 bits per heavy atom. The number of hydrogen-bond donors (Lipinski definition) is 0. The zero-order valence-corrected chi connectivity index (χ0v) is 10.2. The van der Waals surface area contributed by atoms with E-state index in [0.717, 1.165) is 6.08 Å². The van der Waals surface area contributed by atoms with Crippen LogP contribution in [0.1, 0.15) is 33.1 Å². The molecule has 0 aromatic carbocycles. The average Bonchev–Trinajstić information content (AvgIpc) is 2.28. The van der Waals surface area contributed by atoms with E-state index in [1.54, 1.807) is 13.8 Å². The van der Waals surface area contributed by atoms with Crippen LogP contribution in [-0.4, -0.2) is 25.2 Å². The Hall–Kier alpha value is -1.83. The molecule has 0 N–H and O–H groups in total. The zero-order chi connectivity index (χ0) is 13.1. The van der Waals surface area contributed by atoms with E-state index >= 15 is 0 Å². The van der Waals surface area contributed by atoms with Gasteiger partial charge in [0, 0.05) is 18.1 Å². The summed E-state index contributed by atoms with van der Waals surface area (Å²) in [6.45, 7) is 3.88. The summed E-state index contributed by atoms with van der Waals surface area (Å²) >= 11 is 0. The van der Waals surface area contributed by atoms with Crippen LogP contribution in [-0.2, 0) is 19.1 Å². The molecule has 0 atom stereocenters. The first-order valence-electron chi connectivity index (χ1n) is 5.57. The van der Waals surface area contributed by atoms with Gasteiger partial charge in [0.05, 0.1) is 19.3 Å². The number of ether oxygens (including phenoxy) is 2. The van der Waals surface area contributed by atoms with Crippen LogP contribution in [0.2, 0.25) is 0 Å². The molecule has 0 spiro atoms. The molecule has 0 radical (unpaired) electrons. The van der Waals surface area contributed by atoms with Crippen molar-refractivity contribution in [1.82, 2.24) is 0 Å². The van der Waals surface area contributed by atoms with Crippen molar-refractivity contribution in [3.8, 4) is 6.07 Å². The minimum Gasteiger partial charge on any atom is -0.463 e. The van der Waals surface area contributed by atoms with E-state index in [9.17, 15) is 9.59 Å². The van der Waals surface area contributed by atoms with E-state index in [1.165, 1.54) is 0 Å². The number of esters is 2. The summed E-state index contributed by atoms with van der Waals surface area (Å²) in [5.74, 6) is -1.09. The van der Waals surface area contributed by atoms with Gasteiger partial charge in [-0.3, -0.25) is 0 Å². The maximum atomic E-state index is 11.5. The molecule has 0 saturated carbocycles. The molecule has 0 aliphatic carbocycles. The van der Waals surface area contributed by atoms with Gasteiger partial charge < -0.3 is 9.47 Å². The lowest BCUT2D eigenvalue weighted by molar-refractivity contribution is -0.141. The summed E-state index contributed by atoms with van der Waals surface area (Å²) in [5.41, 5.74) is 0.251. The molecule has 94 valence electrons. The molecule has 5 nitrogen and oxygen atoms in total. The Morgan fingerprint density at radius 3 is 2.41 bits per heavy atom. The summed E-state index contributed by atoms with van der Waals surface area (Å²) in [6.07, 6.45) is 2.32. The highest BCUT2D eigenvalue weighted by Crippen LogP contribution is 2.10. The molecule has 0 heterocycles. The fourth-order valence-electron chi connectivity index (χ4n) is 1.14. The number of hydrogen-bond acceptors (Lipinski definition) is 5. The van der Waals surface area contributed by atoms with Gasteiger partial charge in [-0.05, 0) is 26.7 Å². The second kappa shape index (κ2) is 9.40. The third-order valence-electron chi connectivity index (χ3n) is 1.85. The molecule has 0 aromatic heterocycles. The molecule has 17 heavy (non-hydrogen) atoms. The smallest absolute Gasteiger partial charge is 0.334 e. The monoisotopic (exact) mass is 239 g/mol. The van der Waals surface area contributed by atoms with Gasteiger partial charge >= 0.3 is 11.9 Å². The van der Waals surface area contributed by atoms with Crippen molar-refractivity contribution in [2.24, 2.45) is 0 Å². The Morgan fingerprint density at radius 2 is 1.88 bits per heavy atom. The zero-order valence-electron chi connectivity index (χ0n) is 10.2.